The van der Waals surface area contributed by atoms with Crippen molar-refractivity contribution in [1.82, 2.24) is 24.6 Å². The molecule has 1 saturated heterocycles. The largest absolute Gasteiger partial charge is 0.481 e. The molecule has 0 atom stereocenters. The second kappa shape index (κ2) is 7.29. The molecule has 2 aromatic heterocycles. The van der Waals surface area contributed by atoms with Crippen molar-refractivity contribution < 1.29 is 9.53 Å². The minimum atomic E-state index is 0.161. The summed E-state index contributed by atoms with van der Waals surface area (Å²) in [5, 5.41) is 4.21. The van der Waals surface area contributed by atoms with E-state index in [1.54, 1.807) is 25.6 Å². The number of piperazine rings is 1. The van der Waals surface area contributed by atoms with Crippen molar-refractivity contribution >= 4 is 11.9 Å². The van der Waals surface area contributed by atoms with Crippen LogP contribution < -0.4 is 9.64 Å². The van der Waals surface area contributed by atoms with Gasteiger partial charge < -0.3 is 14.5 Å². The summed E-state index contributed by atoms with van der Waals surface area (Å²) in [6.07, 6.45) is 5.91. The van der Waals surface area contributed by atoms with Gasteiger partial charge in [0.1, 0.15) is 0 Å². The standard InChI is InChI=1S/C16H22N6O2/c1-13-11-18-22(12-13)6-4-15(23)20-7-9-21(10-8-20)16-17-5-3-14(19-16)24-2/h3,5,11-12H,4,6-10H2,1-2H3. The molecule has 1 fully saturated rings. The number of amides is 1. The van der Waals surface area contributed by atoms with E-state index in [9.17, 15) is 4.79 Å². The van der Waals surface area contributed by atoms with E-state index in [1.165, 1.54) is 0 Å². The third kappa shape index (κ3) is 3.81. The van der Waals surface area contributed by atoms with Gasteiger partial charge in [-0.05, 0) is 12.5 Å². The van der Waals surface area contributed by atoms with E-state index in [4.69, 9.17) is 4.74 Å². The van der Waals surface area contributed by atoms with Crippen molar-refractivity contribution in [2.75, 3.05) is 38.2 Å². The maximum Gasteiger partial charge on any atom is 0.228 e. The molecule has 0 N–H and O–H groups in total. The van der Waals surface area contributed by atoms with E-state index >= 15 is 0 Å². The first-order valence-electron chi connectivity index (χ1n) is 8.04. The first kappa shape index (κ1) is 16.2. The van der Waals surface area contributed by atoms with Gasteiger partial charge in [-0.25, -0.2) is 4.98 Å². The van der Waals surface area contributed by atoms with E-state index < -0.39 is 0 Å². The van der Waals surface area contributed by atoms with Gasteiger partial charge >= 0.3 is 0 Å². The van der Waals surface area contributed by atoms with Gasteiger partial charge in [0.05, 0.1) is 13.3 Å². The molecule has 128 valence electrons. The van der Waals surface area contributed by atoms with E-state index in [0.29, 0.717) is 37.9 Å². The number of rotatable bonds is 5. The molecule has 0 spiro atoms. The molecule has 0 saturated carbocycles. The summed E-state index contributed by atoms with van der Waals surface area (Å²) >= 11 is 0. The van der Waals surface area contributed by atoms with Gasteiger partial charge in [0.15, 0.2) is 0 Å². The van der Waals surface area contributed by atoms with Crippen molar-refractivity contribution in [1.29, 1.82) is 0 Å². The highest BCUT2D eigenvalue weighted by Gasteiger charge is 2.22. The minimum Gasteiger partial charge on any atom is -0.481 e. The van der Waals surface area contributed by atoms with Crippen LogP contribution in [0.1, 0.15) is 12.0 Å². The highest BCUT2D eigenvalue weighted by atomic mass is 16.5. The van der Waals surface area contributed by atoms with Crippen LogP contribution in [0.4, 0.5) is 5.95 Å². The molecule has 1 aliphatic rings. The molecular formula is C16H22N6O2. The molecule has 8 heteroatoms. The topological polar surface area (TPSA) is 76.4 Å². The summed E-state index contributed by atoms with van der Waals surface area (Å²) in [6, 6.07) is 1.72. The Balaban J connectivity index is 1.49. The summed E-state index contributed by atoms with van der Waals surface area (Å²) < 4.78 is 6.94. The van der Waals surface area contributed by atoms with Crippen LogP contribution in [0.3, 0.4) is 0 Å². The third-order valence-corrected chi connectivity index (χ3v) is 4.06. The van der Waals surface area contributed by atoms with Crippen molar-refractivity contribution in [3.8, 4) is 5.88 Å². The average Bonchev–Trinajstić information content (AvgIpc) is 3.05. The molecule has 24 heavy (non-hydrogen) atoms. The maximum atomic E-state index is 12.3. The van der Waals surface area contributed by atoms with Crippen LogP contribution in [0.5, 0.6) is 5.88 Å². The lowest BCUT2D eigenvalue weighted by Crippen LogP contribution is -2.49. The van der Waals surface area contributed by atoms with E-state index in [1.807, 2.05) is 22.7 Å². The van der Waals surface area contributed by atoms with Gasteiger partial charge in [-0.3, -0.25) is 9.48 Å². The number of aromatic nitrogens is 4. The SMILES string of the molecule is COc1ccnc(N2CCN(C(=O)CCn3cc(C)cn3)CC2)n1. The molecular weight excluding hydrogens is 308 g/mol. The average molecular weight is 330 g/mol. The van der Waals surface area contributed by atoms with Crippen LogP contribution in [-0.2, 0) is 11.3 Å². The highest BCUT2D eigenvalue weighted by Crippen LogP contribution is 2.15. The van der Waals surface area contributed by atoms with Crippen LogP contribution in [0.15, 0.2) is 24.7 Å². The lowest BCUT2D eigenvalue weighted by molar-refractivity contribution is -0.131. The second-order valence-corrected chi connectivity index (χ2v) is 5.80. The van der Waals surface area contributed by atoms with E-state index in [2.05, 4.69) is 20.0 Å². The monoisotopic (exact) mass is 330 g/mol. The van der Waals surface area contributed by atoms with Crippen molar-refractivity contribution in [2.24, 2.45) is 0 Å². The Morgan fingerprint density at radius 3 is 2.75 bits per heavy atom. The fourth-order valence-corrected chi connectivity index (χ4v) is 2.71. The van der Waals surface area contributed by atoms with Gasteiger partial charge in [0.25, 0.3) is 0 Å². The fraction of sp³-hybridized carbons (Fsp3) is 0.500. The van der Waals surface area contributed by atoms with Crippen LogP contribution in [0, 0.1) is 6.92 Å². The Morgan fingerprint density at radius 1 is 1.29 bits per heavy atom. The highest BCUT2D eigenvalue weighted by molar-refractivity contribution is 5.76. The summed E-state index contributed by atoms with van der Waals surface area (Å²) in [5.74, 6) is 1.36. The number of ether oxygens (including phenoxy) is 1. The zero-order valence-electron chi connectivity index (χ0n) is 14.1. The summed E-state index contributed by atoms with van der Waals surface area (Å²) in [5.41, 5.74) is 1.11. The number of carbonyl (C=O) groups excluding carboxylic acids is 1. The predicted octanol–water partition coefficient (Wildman–Crippen LogP) is 0.729. The van der Waals surface area contributed by atoms with E-state index in [-0.39, 0.29) is 5.91 Å². The van der Waals surface area contributed by atoms with Gasteiger partial charge in [-0.2, -0.15) is 10.1 Å². The molecule has 1 amide bonds. The number of carbonyl (C=O) groups is 1. The number of aryl methyl sites for hydroxylation is 2. The zero-order valence-corrected chi connectivity index (χ0v) is 14.1. The van der Waals surface area contributed by atoms with Crippen molar-refractivity contribution in [2.45, 2.75) is 19.9 Å². The Morgan fingerprint density at radius 2 is 2.08 bits per heavy atom. The van der Waals surface area contributed by atoms with Gasteiger partial charge in [-0.15, -0.1) is 0 Å². The first-order chi connectivity index (χ1) is 11.7. The van der Waals surface area contributed by atoms with Gasteiger partial charge in [0, 0.05) is 57.6 Å². The maximum absolute atomic E-state index is 12.3. The zero-order chi connectivity index (χ0) is 16.9. The minimum absolute atomic E-state index is 0.161. The number of anilines is 1. The fourth-order valence-electron chi connectivity index (χ4n) is 2.71. The third-order valence-electron chi connectivity index (χ3n) is 4.06. The molecule has 8 nitrogen and oxygen atoms in total. The smallest absolute Gasteiger partial charge is 0.228 e. The number of hydrogen-bond donors (Lipinski definition) is 0. The number of hydrogen-bond acceptors (Lipinski definition) is 6. The number of nitrogens with zero attached hydrogens (tertiary/aromatic N) is 6. The molecule has 3 rings (SSSR count). The van der Waals surface area contributed by atoms with Gasteiger partial charge in [-0.1, -0.05) is 0 Å². The lowest BCUT2D eigenvalue weighted by atomic mass is 10.3. The van der Waals surface area contributed by atoms with Crippen LogP contribution >= 0.6 is 0 Å². The molecule has 0 radical (unpaired) electrons. The molecule has 0 unspecified atom stereocenters. The molecule has 0 aliphatic carbocycles. The summed E-state index contributed by atoms with van der Waals surface area (Å²) in [4.78, 5) is 24.9. The predicted molar refractivity (Wildman–Crippen MR) is 89.0 cm³/mol. The first-order valence-corrected chi connectivity index (χ1v) is 8.04. The molecule has 3 heterocycles. The van der Waals surface area contributed by atoms with Crippen LogP contribution in [0.2, 0.25) is 0 Å². The summed E-state index contributed by atoms with van der Waals surface area (Å²) in [7, 11) is 1.59. The molecule has 2 aromatic rings. The Bertz CT molecular complexity index is 693. The van der Waals surface area contributed by atoms with Crippen LogP contribution in [-0.4, -0.2) is 63.8 Å². The summed E-state index contributed by atoms with van der Waals surface area (Å²) in [6.45, 7) is 5.41. The Kier molecular flexibility index (Phi) is 4.93. The molecule has 0 aromatic carbocycles. The van der Waals surface area contributed by atoms with Crippen molar-refractivity contribution in [3.05, 3.63) is 30.2 Å². The van der Waals surface area contributed by atoms with E-state index in [0.717, 1.165) is 18.7 Å². The van der Waals surface area contributed by atoms with Crippen LogP contribution in [0.25, 0.3) is 0 Å². The Labute approximate surface area is 141 Å². The number of methoxy groups -OCH3 is 1. The second-order valence-electron chi connectivity index (χ2n) is 5.80. The Hall–Kier alpha value is -2.64. The quantitative estimate of drug-likeness (QED) is 0.804. The molecule has 0 bridgehead atoms. The molecule has 1 aliphatic heterocycles. The van der Waals surface area contributed by atoms with Gasteiger partial charge in [0.2, 0.25) is 17.7 Å². The lowest BCUT2D eigenvalue weighted by Gasteiger charge is -2.34. The normalized spacial score (nSPS) is 14.8. The van der Waals surface area contributed by atoms with Crippen molar-refractivity contribution in [3.63, 3.8) is 0 Å².